The van der Waals surface area contributed by atoms with Crippen LogP contribution in [0.3, 0.4) is 0 Å². The number of hydrogen-bond donors (Lipinski definition) is 0. The van der Waals surface area contributed by atoms with Crippen molar-refractivity contribution < 1.29 is 13.2 Å². The first kappa shape index (κ1) is 15.3. The first-order valence-corrected chi connectivity index (χ1v) is 6.68. The van der Waals surface area contributed by atoms with E-state index in [1.165, 1.54) is 25.0 Å². The van der Waals surface area contributed by atoms with Gasteiger partial charge in [-0.05, 0) is 6.07 Å². The summed E-state index contributed by atoms with van der Waals surface area (Å²) in [6.45, 7) is 0.328. The lowest BCUT2D eigenvalue weighted by Gasteiger charge is -2.09. The molecule has 0 aliphatic heterocycles. The summed E-state index contributed by atoms with van der Waals surface area (Å²) >= 11 is 5.88. The van der Waals surface area contributed by atoms with Crippen molar-refractivity contribution in [1.29, 1.82) is 0 Å². The van der Waals surface area contributed by atoms with Gasteiger partial charge in [0.05, 0.1) is 16.3 Å². The summed E-state index contributed by atoms with van der Waals surface area (Å²) in [7, 11) is 0. The molecule has 0 radical (unpaired) electrons. The van der Waals surface area contributed by atoms with Crippen LogP contribution in [-0.4, -0.2) is 29.7 Å². The molecule has 0 saturated heterocycles. The summed E-state index contributed by atoms with van der Waals surface area (Å²) in [4.78, 5) is 15.8. The molecule has 10 heteroatoms. The molecule has 3 rings (SSSR count). The van der Waals surface area contributed by atoms with E-state index in [9.17, 15) is 13.2 Å². The molecule has 0 spiro atoms. The topological polar surface area (TPSA) is 69.4 Å². The van der Waals surface area contributed by atoms with E-state index >= 15 is 0 Å². The van der Waals surface area contributed by atoms with Crippen LogP contribution in [0.4, 0.5) is 13.2 Å². The highest BCUT2D eigenvalue weighted by Crippen LogP contribution is 2.33. The number of aromatic nitrogens is 6. The van der Waals surface area contributed by atoms with Crippen molar-refractivity contribution in [2.24, 2.45) is 0 Å². The third-order valence-corrected chi connectivity index (χ3v) is 3.21. The molecule has 0 atom stereocenters. The normalized spacial score (nSPS) is 11.7. The fourth-order valence-corrected chi connectivity index (χ4v) is 2.10. The third kappa shape index (κ3) is 3.45. The molecule has 3 heterocycles. The summed E-state index contributed by atoms with van der Waals surface area (Å²) in [5, 5.41) is 3.81. The zero-order valence-corrected chi connectivity index (χ0v) is 12.1. The Balaban J connectivity index is 1.84. The number of halogens is 4. The molecule has 6 nitrogen and oxygen atoms in total. The van der Waals surface area contributed by atoms with Crippen molar-refractivity contribution >= 4 is 11.6 Å². The molecule has 0 aromatic carbocycles. The summed E-state index contributed by atoms with van der Waals surface area (Å²) < 4.78 is 39.3. The lowest BCUT2D eigenvalue weighted by Crippen LogP contribution is -2.06. The van der Waals surface area contributed by atoms with Crippen LogP contribution in [0, 0.1) is 0 Å². The molecule has 0 amide bonds. The van der Waals surface area contributed by atoms with Crippen LogP contribution >= 0.6 is 11.6 Å². The number of hydrogen-bond acceptors (Lipinski definition) is 5. The van der Waals surface area contributed by atoms with Gasteiger partial charge in [-0.15, -0.1) is 0 Å². The predicted octanol–water partition coefficient (Wildman–Crippen LogP) is 2.85. The smallest absolute Gasteiger partial charge is 0.254 e. The van der Waals surface area contributed by atoms with Crippen LogP contribution in [-0.2, 0) is 12.7 Å². The van der Waals surface area contributed by atoms with Gasteiger partial charge in [0.25, 0.3) is 0 Å². The van der Waals surface area contributed by atoms with E-state index in [0.29, 0.717) is 17.9 Å². The average molecular weight is 341 g/mol. The highest BCUT2D eigenvalue weighted by molar-refractivity contribution is 6.33. The summed E-state index contributed by atoms with van der Waals surface area (Å²) in [5.41, 5.74) is -0.298. The maximum absolute atomic E-state index is 12.6. The molecule has 23 heavy (non-hydrogen) atoms. The molecule has 3 aromatic rings. The van der Waals surface area contributed by atoms with Gasteiger partial charge in [0.2, 0.25) is 0 Å². The van der Waals surface area contributed by atoms with Gasteiger partial charge in [-0.2, -0.15) is 18.3 Å². The van der Waals surface area contributed by atoms with Crippen LogP contribution in [0.15, 0.2) is 37.3 Å². The Hall–Kier alpha value is -2.55. The molecule has 0 bridgehead atoms. The second-order valence-corrected chi connectivity index (χ2v) is 4.94. The van der Waals surface area contributed by atoms with Crippen LogP contribution in [0.2, 0.25) is 5.02 Å². The minimum atomic E-state index is -4.49. The standard InChI is InChI=1S/C13H8ClF3N6/c14-10-1-9(13(15,16)17)4-21-12(10)8-2-19-11(20-3-8)5-23-7-18-6-22-23/h1-4,6-7H,5H2. The van der Waals surface area contributed by atoms with Gasteiger partial charge in [-0.25, -0.2) is 19.6 Å². The largest absolute Gasteiger partial charge is 0.417 e. The van der Waals surface area contributed by atoms with Crippen molar-refractivity contribution in [3.63, 3.8) is 0 Å². The van der Waals surface area contributed by atoms with Gasteiger partial charge in [0, 0.05) is 24.2 Å². The molecule has 118 valence electrons. The molecule has 0 N–H and O–H groups in total. The molecule has 0 fully saturated rings. The highest BCUT2D eigenvalue weighted by Gasteiger charge is 2.31. The summed E-state index contributed by atoms with van der Waals surface area (Å²) in [6.07, 6.45) is 2.03. The fraction of sp³-hybridized carbons (Fsp3) is 0.154. The summed E-state index contributed by atoms with van der Waals surface area (Å²) in [5.74, 6) is 0.474. The monoisotopic (exact) mass is 340 g/mol. The second kappa shape index (κ2) is 5.92. The Morgan fingerprint density at radius 1 is 1.09 bits per heavy atom. The van der Waals surface area contributed by atoms with E-state index in [-0.39, 0.29) is 10.7 Å². The average Bonchev–Trinajstić information content (AvgIpc) is 3.00. The molecule has 0 unspecified atom stereocenters. The van der Waals surface area contributed by atoms with Gasteiger partial charge in [0.15, 0.2) is 0 Å². The third-order valence-electron chi connectivity index (χ3n) is 2.92. The van der Waals surface area contributed by atoms with Crippen molar-refractivity contribution in [2.45, 2.75) is 12.7 Å². The number of alkyl halides is 3. The number of nitrogens with zero attached hydrogens (tertiary/aromatic N) is 6. The van der Waals surface area contributed by atoms with Crippen molar-refractivity contribution in [2.75, 3.05) is 0 Å². The van der Waals surface area contributed by atoms with Gasteiger partial charge in [-0.3, -0.25) is 4.98 Å². The molecule has 0 aliphatic rings. The number of pyridine rings is 1. The molecule has 3 aromatic heterocycles. The van der Waals surface area contributed by atoms with Crippen LogP contribution < -0.4 is 0 Å². The molecule has 0 saturated carbocycles. The molecular formula is C13H8ClF3N6. The highest BCUT2D eigenvalue weighted by atomic mass is 35.5. The van der Waals surface area contributed by atoms with E-state index < -0.39 is 11.7 Å². The lowest BCUT2D eigenvalue weighted by atomic mass is 10.2. The van der Waals surface area contributed by atoms with Gasteiger partial charge in [0.1, 0.15) is 25.0 Å². The zero-order chi connectivity index (χ0) is 16.4. The van der Waals surface area contributed by atoms with E-state index in [1.807, 2.05) is 0 Å². The first-order chi connectivity index (χ1) is 10.9. The van der Waals surface area contributed by atoms with Crippen molar-refractivity contribution in [3.8, 4) is 11.3 Å². The predicted molar refractivity (Wildman–Crippen MR) is 74.4 cm³/mol. The first-order valence-electron chi connectivity index (χ1n) is 6.30. The van der Waals surface area contributed by atoms with Crippen molar-refractivity contribution in [1.82, 2.24) is 29.7 Å². The van der Waals surface area contributed by atoms with Crippen molar-refractivity contribution in [3.05, 3.63) is 53.7 Å². The van der Waals surface area contributed by atoms with E-state index in [1.54, 1.807) is 4.68 Å². The SMILES string of the molecule is FC(F)(F)c1cnc(-c2cnc(Cn3cncn3)nc2)c(Cl)c1. The van der Waals surface area contributed by atoms with Gasteiger partial charge in [-0.1, -0.05) is 11.6 Å². The quantitative estimate of drug-likeness (QED) is 0.733. The molecular weight excluding hydrogens is 333 g/mol. The lowest BCUT2D eigenvalue weighted by molar-refractivity contribution is -0.137. The zero-order valence-electron chi connectivity index (χ0n) is 11.4. The van der Waals surface area contributed by atoms with Gasteiger partial charge < -0.3 is 0 Å². The summed E-state index contributed by atoms with van der Waals surface area (Å²) in [6, 6.07) is 0.827. The Morgan fingerprint density at radius 3 is 2.39 bits per heavy atom. The fourth-order valence-electron chi connectivity index (χ4n) is 1.82. The Morgan fingerprint density at radius 2 is 1.83 bits per heavy atom. The maximum atomic E-state index is 12.6. The minimum absolute atomic E-state index is 0.118. The van der Waals surface area contributed by atoms with Crippen LogP contribution in [0.25, 0.3) is 11.3 Å². The van der Waals surface area contributed by atoms with Crippen LogP contribution in [0.1, 0.15) is 11.4 Å². The Labute approximate surface area is 133 Å². The second-order valence-electron chi connectivity index (χ2n) is 4.53. The minimum Gasteiger partial charge on any atom is -0.254 e. The Bertz CT molecular complexity index is 802. The number of rotatable bonds is 3. The van der Waals surface area contributed by atoms with Crippen LogP contribution in [0.5, 0.6) is 0 Å². The van der Waals surface area contributed by atoms with E-state index in [4.69, 9.17) is 11.6 Å². The molecule has 0 aliphatic carbocycles. The van der Waals surface area contributed by atoms with E-state index in [2.05, 4.69) is 25.0 Å². The maximum Gasteiger partial charge on any atom is 0.417 e. The van der Waals surface area contributed by atoms with E-state index in [0.717, 1.165) is 12.3 Å². The Kier molecular flexibility index (Phi) is 3.95. The van der Waals surface area contributed by atoms with Gasteiger partial charge >= 0.3 is 6.18 Å².